The van der Waals surface area contributed by atoms with Crippen LogP contribution in [0.1, 0.15) is 0 Å². The van der Waals surface area contributed by atoms with Crippen molar-refractivity contribution in [3.63, 3.8) is 0 Å². The molecule has 3 aromatic heterocycles. The van der Waals surface area contributed by atoms with E-state index in [4.69, 9.17) is 19.9 Å². The molecule has 0 saturated carbocycles. The Balaban J connectivity index is 1.18. The minimum atomic E-state index is 0.689. The molecule has 0 amide bonds. The average Bonchev–Trinajstić information content (AvgIpc) is 3.61. The van der Waals surface area contributed by atoms with Gasteiger partial charge in [0.1, 0.15) is 5.65 Å². The maximum Gasteiger partial charge on any atom is 0.162 e. The van der Waals surface area contributed by atoms with Crippen LogP contribution in [0.25, 0.3) is 95.3 Å². The molecule has 0 radical (unpaired) electrons. The summed E-state index contributed by atoms with van der Waals surface area (Å²) in [4.78, 5) is 20.7. The Morgan fingerprint density at radius 3 is 1.45 bits per heavy atom. The van der Waals surface area contributed by atoms with Crippen LogP contribution in [0.2, 0.25) is 0 Å². The van der Waals surface area contributed by atoms with Gasteiger partial charge in [0.2, 0.25) is 0 Å². The summed E-state index contributed by atoms with van der Waals surface area (Å²) in [6.45, 7) is 0. The van der Waals surface area contributed by atoms with Gasteiger partial charge >= 0.3 is 0 Å². The molecular weight excluding hydrogens is 671 g/mol. The van der Waals surface area contributed by atoms with Gasteiger partial charge in [0.25, 0.3) is 0 Å². The van der Waals surface area contributed by atoms with Crippen molar-refractivity contribution in [2.45, 2.75) is 0 Å². The summed E-state index contributed by atoms with van der Waals surface area (Å²) in [7, 11) is 0. The van der Waals surface area contributed by atoms with Crippen molar-refractivity contribution in [2.24, 2.45) is 0 Å². The maximum absolute atomic E-state index is 5.31. The number of benzene rings is 7. The number of fused-ring (bicyclic) bond motifs is 3. The van der Waals surface area contributed by atoms with Crippen LogP contribution in [0.5, 0.6) is 0 Å². The third-order valence-corrected chi connectivity index (χ3v) is 10.0. The summed E-state index contributed by atoms with van der Waals surface area (Å²) >= 11 is 0. The Hall–Kier alpha value is -7.50. The van der Waals surface area contributed by atoms with Crippen LogP contribution in [0.4, 0.5) is 0 Å². The summed E-state index contributed by atoms with van der Waals surface area (Å²) in [5, 5.41) is 2.10. The second-order valence-corrected chi connectivity index (χ2v) is 13.5. The van der Waals surface area contributed by atoms with Crippen molar-refractivity contribution >= 4 is 21.9 Å². The van der Waals surface area contributed by atoms with E-state index in [0.29, 0.717) is 11.6 Å². The van der Waals surface area contributed by atoms with Crippen LogP contribution < -0.4 is 0 Å². The van der Waals surface area contributed by atoms with Gasteiger partial charge in [-0.2, -0.15) is 0 Å². The lowest BCUT2D eigenvalue weighted by Gasteiger charge is -2.11. The van der Waals surface area contributed by atoms with Gasteiger partial charge in [0, 0.05) is 38.9 Å². The highest BCUT2D eigenvalue weighted by Gasteiger charge is 2.22. The summed E-state index contributed by atoms with van der Waals surface area (Å²) in [5.41, 5.74) is 12.8. The predicted octanol–water partition coefficient (Wildman–Crippen LogP) is 12.4. The molecule has 10 rings (SSSR count). The minimum absolute atomic E-state index is 0.689. The molecule has 0 spiro atoms. The number of hydrogen-bond donors (Lipinski definition) is 0. The molecule has 0 aliphatic heterocycles. The number of para-hydroxylation sites is 1. The second-order valence-electron chi connectivity index (χ2n) is 13.5. The van der Waals surface area contributed by atoms with E-state index in [1.165, 1.54) is 0 Å². The zero-order valence-corrected chi connectivity index (χ0v) is 29.8. The monoisotopic (exact) mass is 703 g/mol. The topological polar surface area (TPSA) is 56.5 Å². The molecule has 7 aromatic carbocycles. The van der Waals surface area contributed by atoms with Crippen LogP contribution in [0.3, 0.4) is 0 Å². The summed E-state index contributed by atoms with van der Waals surface area (Å²) in [6.07, 6.45) is 0. The van der Waals surface area contributed by atoms with Crippen molar-refractivity contribution in [1.82, 2.24) is 24.5 Å². The van der Waals surface area contributed by atoms with Gasteiger partial charge in [0.15, 0.2) is 11.6 Å². The Morgan fingerprint density at radius 2 is 0.818 bits per heavy atom. The third kappa shape index (κ3) is 6.04. The van der Waals surface area contributed by atoms with Crippen molar-refractivity contribution in [1.29, 1.82) is 0 Å². The first-order valence-electron chi connectivity index (χ1n) is 18.4. The fraction of sp³-hybridized carbons (Fsp3) is 0. The van der Waals surface area contributed by atoms with E-state index < -0.39 is 0 Å². The van der Waals surface area contributed by atoms with Crippen LogP contribution in [0, 0.1) is 0 Å². The zero-order chi connectivity index (χ0) is 36.6. The molecule has 0 unspecified atom stereocenters. The Kier molecular flexibility index (Phi) is 8.08. The van der Waals surface area contributed by atoms with Gasteiger partial charge < -0.3 is 0 Å². The number of aromatic nitrogens is 5. The molecule has 55 heavy (non-hydrogen) atoms. The van der Waals surface area contributed by atoms with Crippen molar-refractivity contribution in [2.75, 3.05) is 0 Å². The van der Waals surface area contributed by atoms with Gasteiger partial charge in [-0.15, -0.1) is 0 Å². The van der Waals surface area contributed by atoms with Crippen molar-refractivity contribution in [3.8, 4) is 73.4 Å². The zero-order valence-electron chi connectivity index (χ0n) is 29.8. The molecule has 5 nitrogen and oxygen atoms in total. The van der Waals surface area contributed by atoms with Gasteiger partial charge in [-0.25, -0.2) is 19.9 Å². The predicted molar refractivity (Wildman–Crippen MR) is 225 cm³/mol. The molecule has 3 heterocycles. The van der Waals surface area contributed by atoms with E-state index in [-0.39, 0.29) is 0 Å². The number of hydrogen-bond acceptors (Lipinski definition) is 4. The summed E-state index contributed by atoms with van der Waals surface area (Å²) in [5.74, 6) is 1.38. The lowest BCUT2D eigenvalue weighted by atomic mass is 9.98. The quantitative estimate of drug-likeness (QED) is 0.166. The highest BCUT2D eigenvalue weighted by Crippen LogP contribution is 2.40. The Labute approximate surface area is 318 Å². The molecule has 0 aliphatic carbocycles. The molecule has 0 bridgehead atoms. The molecule has 0 fully saturated rings. The molecule has 5 heteroatoms. The average molecular weight is 704 g/mol. The molecule has 258 valence electrons. The molecule has 0 atom stereocenters. The lowest BCUT2D eigenvalue weighted by Crippen LogP contribution is -1.99. The normalized spacial score (nSPS) is 11.3. The first-order valence-corrected chi connectivity index (χ1v) is 18.4. The Morgan fingerprint density at radius 1 is 0.327 bits per heavy atom. The van der Waals surface area contributed by atoms with Crippen LogP contribution in [-0.2, 0) is 0 Å². The van der Waals surface area contributed by atoms with Gasteiger partial charge in [-0.1, -0.05) is 164 Å². The smallest absolute Gasteiger partial charge is 0.162 e. The first-order chi connectivity index (χ1) is 27.3. The first kappa shape index (κ1) is 32.2. The van der Waals surface area contributed by atoms with Crippen LogP contribution in [-0.4, -0.2) is 24.5 Å². The minimum Gasteiger partial charge on any atom is -0.294 e. The van der Waals surface area contributed by atoms with Crippen molar-refractivity contribution < 1.29 is 0 Å². The Bertz CT molecular complexity index is 2890. The summed E-state index contributed by atoms with van der Waals surface area (Å²) in [6, 6.07) is 69.0. The fourth-order valence-electron chi connectivity index (χ4n) is 7.37. The van der Waals surface area contributed by atoms with Crippen LogP contribution >= 0.6 is 0 Å². The molecular formula is C50H33N5. The fourth-order valence-corrected chi connectivity index (χ4v) is 7.37. The second kappa shape index (κ2) is 13.8. The van der Waals surface area contributed by atoms with E-state index in [0.717, 1.165) is 83.6 Å². The van der Waals surface area contributed by atoms with E-state index in [1.807, 2.05) is 66.7 Å². The van der Waals surface area contributed by atoms with E-state index in [1.54, 1.807) is 0 Å². The third-order valence-electron chi connectivity index (χ3n) is 10.0. The molecule has 10 aromatic rings. The largest absolute Gasteiger partial charge is 0.294 e. The molecule has 0 aliphatic rings. The lowest BCUT2D eigenvalue weighted by molar-refractivity contribution is 1.11. The van der Waals surface area contributed by atoms with E-state index in [2.05, 4.69) is 138 Å². The number of rotatable bonds is 7. The van der Waals surface area contributed by atoms with E-state index >= 15 is 0 Å². The molecule has 0 saturated heterocycles. The number of nitrogens with zero attached hydrogens (tertiary/aromatic N) is 5. The molecule has 0 N–H and O–H groups in total. The van der Waals surface area contributed by atoms with Gasteiger partial charge in [0.05, 0.1) is 28.0 Å². The van der Waals surface area contributed by atoms with Gasteiger partial charge in [-0.3, -0.25) is 4.57 Å². The maximum atomic E-state index is 5.31. The van der Waals surface area contributed by atoms with Gasteiger partial charge in [-0.05, 0) is 47.5 Å². The highest BCUT2D eigenvalue weighted by atomic mass is 15.1. The summed E-state index contributed by atoms with van der Waals surface area (Å²) < 4.78 is 2.27. The highest BCUT2D eigenvalue weighted by molar-refractivity contribution is 6.15. The van der Waals surface area contributed by atoms with E-state index in [9.17, 15) is 0 Å². The van der Waals surface area contributed by atoms with Crippen LogP contribution in [0.15, 0.2) is 200 Å². The standard InChI is InChI=1S/C50H33N5/c1-6-17-34(18-7-1)43-33-44(52-48(51-43)36-21-10-3-11-22-36)40-26-16-25-38(31-40)39-29-30-45-42(32-39)46-47(35-19-8-2-9-20-35)53-49(37-23-12-4-13-24-37)54-50(46)55(45)41-27-14-5-15-28-41/h1-33H. The van der Waals surface area contributed by atoms with Crippen molar-refractivity contribution in [3.05, 3.63) is 200 Å². The SMILES string of the molecule is c1ccc(-c2cc(-c3cccc(-c4ccc5c(c4)c4c(-c6ccccc6)nc(-c6ccccc6)nc4n5-c4ccccc4)c3)nc(-c3ccccc3)n2)cc1.